The normalized spacial score (nSPS) is 33.6. The van der Waals surface area contributed by atoms with Crippen molar-refractivity contribution in [3.63, 3.8) is 0 Å². The molecule has 1 heterocycles. The van der Waals surface area contributed by atoms with E-state index < -0.39 is 5.41 Å². The number of fused-ring (bicyclic) bond motifs is 2. The Hall–Kier alpha value is -2.10. The molecular formula is C21H26N2O2. The first kappa shape index (κ1) is 16.4. The highest BCUT2D eigenvalue weighted by Gasteiger charge is 2.42. The van der Waals surface area contributed by atoms with Gasteiger partial charge in [0.05, 0.1) is 5.41 Å². The molecule has 1 aromatic rings. The van der Waals surface area contributed by atoms with Gasteiger partial charge in [-0.15, -0.1) is 0 Å². The number of allylic oxidation sites excluding steroid dienone is 2. The molecule has 25 heavy (non-hydrogen) atoms. The first-order valence-corrected chi connectivity index (χ1v) is 9.48. The van der Waals surface area contributed by atoms with Crippen LogP contribution in [0.3, 0.4) is 0 Å². The third kappa shape index (κ3) is 2.88. The molecule has 0 spiro atoms. The molecule has 2 fully saturated rings. The van der Waals surface area contributed by atoms with E-state index >= 15 is 0 Å². The Morgan fingerprint density at radius 1 is 1.16 bits per heavy atom. The molecule has 132 valence electrons. The molecule has 4 heteroatoms. The van der Waals surface area contributed by atoms with Gasteiger partial charge in [0.25, 0.3) is 0 Å². The highest BCUT2D eigenvalue weighted by Crippen LogP contribution is 2.43. The maximum absolute atomic E-state index is 12.5. The smallest absolute Gasteiger partial charge is 0.237 e. The molecule has 1 aromatic carbocycles. The average Bonchev–Trinajstić information content (AvgIpc) is 3.24. The summed E-state index contributed by atoms with van der Waals surface area (Å²) >= 11 is 0. The highest BCUT2D eigenvalue weighted by atomic mass is 16.2. The molecule has 1 aliphatic heterocycles. The molecule has 2 aliphatic carbocycles. The van der Waals surface area contributed by atoms with Crippen LogP contribution in [0.25, 0.3) is 0 Å². The van der Waals surface area contributed by atoms with Gasteiger partial charge in [-0.2, -0.15) is 0 Å². The van der Waals surface area contributed by atoms with E-state index in [4.69, 9.17) is 0 Å². The zero-order valence-corrected chi connectivity index (χ0v) is 14.8. The van der Waals surface area contributed by atoms with Gasteiger partial charge in [-0.3, -0.25) is 14.9 Å². The van der Waals surface area contributed by atoms with Gasteiger partial charge in [-0.05, 0) is 61.1 Å². The molecule has 0 unspecified atom stereocenters. The topological polar surface area (TPSA) is 58.2 Å². The molecular weight excluding hydrogens is 312 g/mol. The number of piperidine rings is 1. The number of imide groups is 1. The minimum atomic E-state index is -0.568. The number of carbonyl (C=O) groups is 2. The lowest BCUT2D eigenvalue weighted by Crippen LogP contribution is -2.51. The molecule has 0 radical (unpaired) electrons. The largest absolute Gasteiger partial charge is 0.385 e. The van der Waals surface area contributed by atoms with E-state index in [-0.39, 0.29) is 11.8 Å². The van der Waals surface area contributed by atoms with Gasteiger partial charge in [-0.1, -0.05) is 31.2 Å². The van der Waals surface area contributed by atoms with Crippen molar-refractivity contribution in [3.05, 3.63) is 42.0 Å². The number of nitrogens with one attached hydrogen (secondary N) is 2. The fourth-order valence-corrected chi connectivity index (χ4v) is 4.85. The summed E-state index contributed by atoms with van der Waals surface area (Å²) in [7, 11) is 0. The summed E-state index contributed by atoms with van der Waals surface area (Å²) in [6, 6.07) is 8.23. The molecule has 2 amide bonds. The summed E-state index contributed by atoms with van der Waals surface area (Å²) in [5.74, 6) is 1.99. The highest BCUT2D eigenvalue weighted by molar-refractivity contribution is 6.03. The molecule has 0 aromatic heterocycles. The molecule has 2 N–H and O–H groups in total. The van der Waals surface area contributed by atoms with E-state index in [0.717, 1.165) is 35.5 Å². The summed E-state index contributed by atoms with van der Waals surface area (Å²) in [5.41, 5.74) is 1.55. The molecule has 4 atom stereocenters. The van der Waals surface area contributed by atoms with E-state index in [1.807, 2.05) is 19.1 Å². The van der Waals surface area contributed by atoms with Gasteiger partial charge in [0.1, 0.15) is 0 Å². The Morgan fingerprint density at radius 2 is 1.96 bits per heavy atom. The first-order valence-electron chi connectivity index (χ1n) is 9.48. The number of hydrogen-bond donors (Lipinski definition) is 2. The zero-order valence-electron chi connectivity index (χ0n) is 14.8. The Bertz CT molecular complexity index is 709. The van der Waals surface area contributed by atoms with Gasteiger partial charge in [0.15, 0.2) is 0 Å². The number of carbonyl (C=O) groups excluding carboxylic acids is 2. The van der Waals surface area contributed by atoms with Gasteiger partial charge < -0.3 is 5.32 Å². The second-order valence-corrected chi connectivity index (χ2v) is 7.81. The predicted octanol–water partition coefficient (Wildman–Crippen LogP) is 3.40. The van der Waals surface area contributed by atoms with Crippen LogP contribution in [0.2, 0.25) is 0 Å². The van der Waals surface area contributed by atoms with Crippen molar-refractivity contribution >= 4 is 17.5 Å². The maximum Gasteiger partial charge on any atom is 0.237 e. The van der Waals surface area contributed by atoms with Crippen molar-refractivity contribution < 1.29 is 9.59 Å². The number of rotatable bonds is 5. The van der Waals surface area contributed by atoms with E-state index in [1.54, 1.807) is 0 Å². The standard InChI is InChI=1S/C21H26N2O2/c1-2-21(10-9-19(24)23-20(21)25)17-5-7-18(8-6-17)22-13-16-12-14-3-4-15(16)11-14/h3-8,14-16,22H,2,9-13H2,1H3,(H,23,24,25)/t14-,15-,16-,21-/m0/s1. The lowest BCUT2D eigenvalue weighted by molar-refractivity contribution is -0.138. The van der Waals surface area contributed by atoms with Crippen LogP contribution >= 0.6 is 0 Å². The van der Waals surface area contributed by atoms with Gasteiger partial charge in [-0.25, -0.2) is 0 Å². The molecule has 3 aliphatic rings. The number of anilines is 1. The van der Waals surface area contributed by atoms with Gasteiger partial charge in [0.2, 0.25) is 11.8 Å². The Balaban J connectivity index is 1.43. The minimum absolute atomic E-state index is 0.152. The molecule has 4 nitrogen and oxygen atoms in total. The van der Waals surface area contributed by atoms with Crippen LogP contribution in [0.5, 0.6) is 0 Å². The van der Waals surface area contributed by atoms with Crippen LogP contribution in [0.1, 0.15) is 44.6 Å². The minimum Gasteiger partial charge on any atom is -0.385 e. The number of amides is 2. The fraction of sp³-hybridized carbons (Fsp3) is 0.524. The van der Waals surface area contributed by atoms with Crippen molar-refractivity contribution in [3.8, 4) is 0 Å². The quantitative estimate of drug-likeness (QED) is 0.639. The molecule has 4 rings (SSSR count). The third-order valence-corrected chi connectivity index (χ3v) is 6.49. The van der Waals surface area contributed by atoms with E-state index in [0.29, 0.717) is 19.3 Å². The van der Waals surface area contributed by atoms with Crippen LogP contribution in [-0.4, -0.2) is 18.4 Å². The number of hydrogen-bond acceptors (Lipinski definition) is 3. The zero-order chi connectivity index (χ0) is 17.4. The van der Waals surface area contributed by atoms with Crippen LogP contribution in [-0.2, 0) is 15.0 Å². The molecule has 2 bridgehead atoms. The Morgan fingerprint density at radius 3 is 2.56 bits per heavy atom. The summed E-state index contributed by atoms with van der Waals surface area (Å²) < 4.78 is 0. The van der Waals surface area contributed by atoms with Crippen molar-refractivity contribution in [1.29, 1.82) is 0 Å². The summed E-state index contributed by atoms with van der Waals surface area (Å²) in [4.78, 5) is 23.9. The third-order valence-electron chi connectivity index (χ3n) is 6.49. The van der Waals surface area contributed by atoms with E-state index in [9.17, 15) is 9.59 Å². The fourth-order valence-electron chi connectivity index (χ4n) is 4.85. The van der Waals surface area contributed by atoms with Gasteiger partial charge in [0, 0.05) is 18.7 Å². The predicted molar refractivity (Wildman–Crippen MR) is 98.1 cm³/mol. The van der Waals surface area contributed by atoms with E-state index in [1.165, 1.54) is 12.8 Å². The summed E-state index contributed by atoms with van der Waals surface area (Å²) in [6.07, 6.45) is 9.11. The molecule has 1 saturated carbocycles. The van der Waals surface area contributed by atoms with Crippen molar-refractivity contribution in [2.75, 3.05) is 11.9 Å². The summed E-state index contributed by atoms with van der Waals surface area (Å²) in [5, 5.41) is 6.07. The average molecular weight is 338 g/mol. The molecule has 1 saturated heterocycles. The van der Waals surface area contributed by atoms with Crippen molar-refractivity contribution in [1.82, 2.24) is 5.32 Å². The second-order valence-electron chi connectivity index (χ2n) is 7.81. The first-order chi connectivity index (χ1) is 12.1. The van der Waals surface area contributed by atoms with Crippen LogP contribution in [0.4, 0.5) is 5.69 Å². The SMILES string of the molecule is CC[C@@]1(c2ccc(NC[C@@H]3C[C@H]4C=C[C@H]3C4)cc2)CCC(=O)NC1=O. The van der Waals surface area contributed by atoms with Crippen LogP contribution in [0, 0.1) is 17.8 Å². The van der Waals surface area contributed by atoms with Crippen LogP contribution in [0.15, 0.2) is 36.4 Å². The Kier molecular flexibility index (Phi) is 4.14. The number of benzene rings is 1. The maximum atomic E-state index is 12.5. The summed E-state index contributed by atoms with van der Waals surface area (Å²) in [6.45, 7) is 3.03. The van der Waals surface area contributed by atoms with E-state index in [2.05, 4.69) is 34.9 Å². The lowest BCUT2D eigenvalue weighted by atomic mass is 9.72. The second kappa shape index (κ2) is 6.32. The Labute approximate surface area is 149 Å². The van der Waals surface area contributed by atoms with Crippen molar-refractivity contribution in [2.45, 2.75) is 44.4 Å². The lowest BCUT2D eigenvalue weighted by Gasteiger charge is -2.35. The van der Waals surface area contributed by atoms with Gasteiger partial charge >= 0.3 is 0 Å². The monoisotopic (exact) mass is 338 g/mol. The van der Waals surface area contributed by atoms with Crippen LogP contribution < -0.4 is 10.6 Å². The van der Waals surface area contributed by atoms with Crippen molar-refractivity contribution in [2.24, 2.45) is 17.8 Å².